The average molecular weight is 544 g/mol. The van der Waals surface area contributed by atoms with Gasteiger partial charge in [-0.25, -0.2) is 13.2 Å². The van der Waals surface area contributed by atoms with Gasteiger partial charge in [0.05, 0.1) is 9.79 Å². The summed E-state index contributed by atoms with van der Waals surface area (Å²) in [4.78, 5) is 14.9. The van der Waals surface area contributed by atoms with E-state index >= 15 is 0 Å². The number of hydrogen-bond donors (Lipinski definition) is 0. The smallest absolute Gasteiger partial charge is 0.410 e. The fourth-order valence-electron chi connectivity index (χ4n) is 3.91. The van der Waals surface area contributed by atoms with E-state index in [-0.39, 0.29) is 15.9 Å². The lowest BCUT2D eigenvalue weighted by Crippen LogP contribution is -2.37. The lowest BCUT2D eigenvalue weighted by molar-refractivity contribution is 0.0236. The van der Waals surface area contributed by atoms with Crippen LogP contribution in [0.2, 0.25) is 0 Å². The number of carbonyl (C=O) groups excluding carboxylic acids is 1. The van der Waals surface area contributed by atoms with Gasteiger partial charge in [-0.3, -0.25) is 0 Å². The van der Waals surface area contributed by atoms with Crippen molar-refractivity contribution in [1.82, 2.24) is 4.90 Å². The van der Waals surface area contributed by atoms with Gasteiger partial charge >= 0.3 is 6.09 Å². The van der Waals surface area contributed by atoms with E-state index in [1.165, 1.54) is 0 Å². The molecule has 0 bridgehead atoms. The minimum Gasteiger partial charge on any atom is -0.457 e. The molecule has 0 saturated carbocycles. The Kier molecular flexibility index (Phi) is 8.72. The van der Waals surface area contributed by atoms with Gasteiger partial charge in [-0.2, -0.15) is 0 Å². The van der Waals surface area contributed by atoms with Crippen LogP contribution in [0.5, 0.6) is 11.5 Å². The lowest BCUT2D eigenvalue weighted by Gasteiger charge is -2.27. The number of carbonyl (C=O) groups is 1. The summed E-state index contributed by atoms with van der Waals surface area (Å²) in [7, 11) is -3.69. The van der Waals surface area contributed by atoms with Crippen LogP contribution in [-0.2, 0) is 27.5 Å². The maximum Gasteiger partial charge on any atom is 0.410 e. The maximum absolute atomic E-state index is 13.2. The Hall–Kier alpha value is -4.10. The third-order valence-corrected chi connectivity index (χ3v) is 7.67. The molecule has 4 aromatic carbocycles. The summed E-state index contributed by atoms with van der Waals surface area (Å²) in [6.45, 7) is 6.38. The summed E-state index contributed by atoms with van der Waals surface area (Å²) >= 11 is 0. The van der Waals surface area contributed by atoms with Gasteiger partial charge in [0.25, 0.3) is 0 Å². The quantitative estimate of drug-likeness (QED) is 0.222. The SMILES string of the molecule is CC(C)(C)OC(=O)N(CCc1ccc(S(=O)(=O)c2ccc(Oc3ccccc3)cc2)cc1)Cc1ccccc1. The summed E-state index contributed by atoms with van der Waals surface area (Å²) in [6, 6.07) is 32.2. The van der Waals surface area contributed by atoms with Gasteiger partial charge in [-0.15, -0.1) is 0 Å². The molecule has 0 N–H and O–H groups in total. The van der Waals surface area contributed by atoms with Crippen molar-refractivity contribution in [2.45, 2.75) is 49.1 Å². The number of ether oxygens (including phenoxy) is 2. The van der Waals surface area contributed by atoms with E-state index in [0.717, 1.165) is 11.1 Å². The monoisotopic (exact) mass is 543 g/mol. The number of amides is 1. The first kappa shape index (κ1) is 27.9. The van der Waals surface area contributed by atoms with Crippen LogP contribution in [0.15, 0.2) is 119 Å². The molecule has 7 heteroatoms. The molecular weight excluding hydrogens is 510 g/mol. The predicted molar refractivity (Wildman–Crippen MR) is 152 cm³/mol. The maximum atomic E-state index is 13.2. The van der Waals surface area contributed by atoms with Gasteiger partial charge in [-0.1, -0.05) is 60.7 Å². The van der Waals surface area contributed by atoms with Crippen molar-refractivity contribution in [2.75, 3.05) is 6.54 Å². The molecule has 0 aliphatic rings. The molecular formula is C32H33NO5S. The third kappa shape index (κ3) is 7.94. The Labute approximate surface area is 230 Å². The highest BCUT2D eigenvalue weighted by molar-refractivity contribution is 7.91. The molecule has 0 heterocycles. The fraction of sp³-hybridized carbons (Fsp3) is 0.219. The van der Waals surface area contributed by atoms with Gasteiger partial charge in [0.1, 0.15) is 17.1 Å². The Balaban J connectivity index is 1.42. The van der Waals surface area contributed by atoms with Crippen molar-refractivity contribution >= 4 is 15.9 Å². The minimum atomic E-state index is -3.69. The number of rotatable bonds is 9. The molecule has 6 nitrogen and oxygen atoms in total. The van der Waals surface area contributed by atoms with Gasteiger partial charge in [-0.05, 0) is 86.8 Å². The van der Waals surface area contributed by atoms with Crippen LogP contribution in [0, 0.1) is 0 Å². The minimum absolute atomic E-state index is 0.189. The molecule has 0 saturated heterocycles. The van der Waals surface area contributed by atoms with E-state index in [2.05, 4.69) is 0 Å². The second-order valence-electron chi connectivity index (χ2n) is 10.2. The van der Waals surface area contributed by atoms with Crippen LogP contribution in [0.3, 0.4) is 0 Å². The molecule has 202 valence electrons. The first-order valence-corrected chi connectivity index (χ1v) is 14.3. The van der Waals surface area contributed by atoms with E-state index in [0.29, 0.717) is 31.0 Å². The summed E-state index contributed by atoms with van der Waals surface area (Å²) in [5.74, 6) is 1.23. The third-order valence-electron chi connectivity index (χ3n) is 5.88. The molecule has 0 spiro atoms. The second-order valence-corrected chi connectivity index (χ2v) is 12.1. The first-order chi connectivity index (χ1) is 18.6. The Morgan fingerprint density at radius 2 is 1.21 bits per heavy atom. The van der Waals surface area contributed by atoms with Crippen molar-refractivity contribution in [3.8, 4) is 11.5 Å². The highest BCUT2D eigenvalue weighted by Crippen LogP contribution is 2.26. The van der Waals surface area contributed by atoms with Crippen LogP contribution < -0.4 is 4.74 Å². The van der Waals surface area contributed by atoms with Gasteiger partial charge in [0.2, 0.25) is 9.84 Å². The van der Waals surface area contributed by atoms with Crippen LogP contribution in [0.25, 0.3) is 0 Å². The normalized spacial score (nSPS) is 11.6. The van der Waals surface area contributed by atoms with Gasteiger partial charge in [0, 0.05) is 13.1 Å². The average Bonchev–Trinajstić information content (AvgIpc) is 2.92. The van der Waals surface area contributed by atoms with E-state index in [1.807, 2.05) is 81.4 Å². The number of hydrogen-bond acceptors (Lipinski definition) is 5. The van der Waals surface area contributed by atoms with Crippen molar-refractivity contribution in [2.24, 2.45) is 0 Å². The first-order valence-electron chi connectivity index (χ1n) is 12.8. The zero-order chi connectivity index (χ0) is 27.9. The van der Waals surface area contributed by atoms with Crippen molar-refractivity contribution in [1.29, 1.82) is 0 Å². The molecule has 39 heavy (non-hydrogen) atoms. The highest BCUT2D eigenvalue weighted by atomic mass is 32.2. The predicted octanol–water partition coefficient (Wildman–Crippen LogP) is 7.29. The molecule has 0 radical (unpaired) electrons. The Morgan fingerprint density at radius 1 is 0.692 bits per heavy atom. The van der Waals surface area contributed by atoms with E-state index in [9.17, 15) is 13.2 Å². The van der Waals surface area contributed by atoms with E-state index < -0.39 is 15.4 Å². The number of para-hydroxylation sites is 1. The summed E-state index contributed by atoms with van der Waals surface area (Å²) in [6.07, 6.45) is 0.169. The van der Waals surface area contributed by atoms with Gasteiger partial charge in [0.15, 0.2) is 0 Å². The van der Waals surface area contributed by atoms with Crippen LogP contribution in [-0.4, -0.2) is 31.6 Å². The summed E-state index contributed by atoms with van der Waals surface area (Å²) < 4.78 is 37.8. The van der Waals surface area contributed by atoms with Crippen LogP contribution in [0.1, 0.15) is 31.9 Å². The van der Waals surface area contributed by atoms with Crippen molar-refractivity contribution in [3.05, 3.63) is 120 Å². The van der Waals surface area contributed by atoms with E-state index in [4.69, 9.17) is 9.47 Å². The Morgan fingerprint density at radius 3 is 1.77 bits per heavy atom. The summed E-state index contributed by atoms with van der Waals surface area (Å²) in [5.41, 5.74) is 1.32. The molecule has 0 aliphatic heterocycles. The molecule has 4 rings (SSSR count). The van der Waals surface area contributed by atoms with Crippen molar-refractivity contribution in [3.63, 3.8) is 0 Å². The van der Waals surface area contributed by atoms with Crippen LogP contribution in [0.4, 0.5) is 4.79 Å². The number of nitrogens with zero attached hydrogens (tertiary/aromatic N) is 1. The molecule has 0 aromatic heterocycles. The molecule has 0 fully saturated rings. The topological polar surface area (TPSA) is 72.9 Å². The van der Waals surface area contributed by atoms with Crippen LogP contribution >= 0.6 is 0 Å². The lowest BCUT2D eigenvalue weighted by atomic mass is 10.1. The molecule has 0 aliphatic carbocycles. The molecule has 0 unspecified atom stereocenters. The molecule has 0 atom stereocenters. The highest BCUT2D eigenvalue weighted by Gasteiger charge is 2.23. The van der Waals surface area contributed by atoms with Gasteiger partial charge < -0.3 is 14.4 Å². The Bertz CT molecular complexity index is 1460. The summed E-state index contributed by atoms with van der Waals surface area (Å²) in [5, 5.41) is 0. The van der Waals surface area contributed by atoms with Crippen molar-refractivity contribution < 1.29 is 22.7 Å². The second kappa shape index (κ2) is 12.2. The zero-order valence-electron chi connectivity index (χ0n) is 22.4. The standard InChI is InChI=1S/C32H33NO5S/c1-32(2,3)38-31(34)33(24-26-10-6-4-7-11-26)23-22-25-14-18-29(19-15-25)39(35,36)30-20-16-28(17-21-30)37-27-12-8-5-9-13-27/h4-21H,22-24H2,1-3H3. The largest absolute Gasteiger partial charge is 0.457 e. The van der Waals surface area contributed by atoms with E-state index in [1.54, 1.807) is 53.4 Å². The zero-order valence-corrected chi connectivity index (χ0v) is 23.2. The number of sulfone groups is 1. The fourth-order valence-corrected chi connectivity index (χ4v) is 5.17. The molecule has 1 amide bonds. The number of benzene rings is 4. The molecule has 4 aromatic rings.